The Morgan fingerprint density at radius 3 is 2.90 bits per heavy atom. The summed E-state index contributed by atoms with van der Waals surface area (Å²) in [5.41, 5.74) is 1.22. The van der Waals surface area contributed by atoms with Gasteiger partial charge in [-0.25, -0.2) is 0 Å². The Labute approximate surface area is 122 Å². The molecule has 2 atom stereocenters. The number of hydrogen-bond acceptors (Lipinski definition) is 6. The molecule has 1 fully saturated rings. The first-order valence-electron chi connectivity index (χ1n) is 6.89. The number of nitrogens with zero attached hydrogens (tertiary/aromatic N) is 3. The van der Waals surface area contributed by atoms with Crippen LogP contribution in [0, 0.1) is 0 Å². The molecule has 3 heterocycles. The number of ether oxygens (including phenoxy) is 1. The van der Waals surface area contributed by atoms with Crippen LogP contribution in [-0.4, -0.2) is 29.3 Å². The van der Waals surface area contributed by atoms with Crippen LogP contribution in [0.5, 0.6) is 0 Å². The zero-order chi connectivity index (χ0) is 14.1. The molecule has 2 aromatic heterocycles. The van der Waals surface area contributed by atoms with Gasteiger partial charge in [-0.2, -0.15) is 16.3 Å². The lowest BCUT2D eigenvalue weighted by molar-refractivity contribution is -0.0188. The van der Waals surface area contributed by atoms with E-state index in [-0.39, 0.29) is 18.1 Å². The summed E-state index contributed by atoms with van der Waals surface area (Å²) in [4.78, 5) is 6.60. The molecule has 0 aromatic carbocycles. The Balaban J connectivity index is 1.78. The third-order valence-electron chi connectivity index (χ3n) is 3.39. The summed E-state index contributed by atoms with van der Waals surface area (Å²) in [6, 6.07) is 2.71. The lowest BCUT2D eigenvalue weighted by atomic mass is 10.1. The summed E-state index contributed by atoms with van der Waals surface area (Å²) in [6.45, 7) is 7.72. The van der Waals surface area contributed by atoms with Crippen molar-refractivity contribution in [1.29, 1.82) is 0 Å². The van der Waals surface area contributed by atoms with Crippen molar-refractivity contribution in [1.82, 2.24) is 10.1 Å². The first-order chi connectivity index (χ1) is 9.63. The van der Waals surface area contributed by atoms with Crippen LogP contribution in [0.15, 0.2) is 21.3 Å². The van der Waals surface area contributed by atoms with E-state index >= 15 is 0 Å². The fourth-order valence-corrected chi connectivity index (χ4v) is 3.04. The smallest absolute Gasteiger partial charge is 0.324 e. The number of aromatic nitrogens is 2. The van der Waals surface area contributed by atoms with Crippen LogP contribution < -0.4 is 4.90 Å². The number of thiophene rings is 1. The third kappa shape index (κ3) is 2.71. The van der Waals surface area contributed by atoms with Gasteiger partial charge in [0.25, 0.3) is 0 Å². The minimum Gasteiger partial charge on any atom is -0.367 e. The summed E-state index contributed by atoms with van der Waals surface area (Å²) >= 11 is 1.69. The molecule has 3 rings (SSSR count). The molecule has 0 radical (unpaired) electrons. The third-order valence-corrected chi connectivity index (χ3v) is 4.09. The normalized spacial score (nSPS) is 23.5. The standard InChI is InChI=1S/C14H19N3O2S/c1-9(2)13-15-14(19-16-13)17-6-10(3)18-12(7-17)11-4-5-20-8-11/h4-5,8-10,12H,6-7H2,1-3H3/t10-,12+/m0/s1. The molecule has 1 aliphatic heterocycles. The monoisotopic (exact) mass is 293 g/mol. The molecular weight excluding hydrogens is 274 g/mol. The Hall–Kier alpha value is -1.40. The first-order valence-corrected chi connectivity index (χ1v) is 7.84. The fraction of sp³-hybridized carbons (Fsp3) is 0.571. The van der Waals surface area contributed by atoms with Gasteiger partial charge in [0, 0.05) is 12.5 Å². The molecule has 1 saturated heterocycles. The molecule has 0 bridgehead atoms. The lowest BCUT2D eigenvalue weighted by Gasteiger charge is -2.35. The van der Waals surface area contributed by atoms with Crippen LogP contribution in [-0.2, 0) is 4.74 Å². The molecule has 1 aliphatic rings. The summed E-state index contributed by atoms with van der Waals surface area (Å²) in [5.74, 6) is 1.03. The maximum atomic E-state index is 6.01. The summed E-state index contributed by atoms with van der Waals surface area (Å²) < 4.78 is 11.4. The van der Waals surface area contributed by atoms with Gasteiger partial charge in [-0.05, 0) is 29.3 Å². The molecule has 6 heteroatoms. The predicted molar refractivity (Wildman–Crippen MR) is 78.2 cm³/mol. The van der Waals surface area contributed by atoms with E-state index in [1.54, 1.807) is 11.3 Å². The Kier molecular flexibility index (Phi) is 3.76. The Bertz CT molecular complexity index is 553. The van der Waals surface area contributed by atoms with Crippen molar-refractivity contribution in [2.45, 2.75) is 38.9 Å². The zero-order valence-electron chi connectivity index (χ0n) is 11.9. The molecule has 108 valence electrons. The molecule has 2 aromatic rings. The van der Waals surface area contributed by atoms with Crippen LogP contribution in [0.2, 0.25) is 0 Å². The highest BCUT2D eigenvalue weighted by Crippen LogP contribution is 2.29. The second-order valence-corrected chi connectivity index (χ2v) is 6.27. The number of hydrogen-bond donors (Lipinski definition) is 0. The lowest BCUT2D eigenvalue weighted by Crippen LogP contribution is -2.43. The number of morpholine rings is 1. The van der Waals surface area contributed by atoms with Crippen LogP contribution in [0.1, 0.15) is 44.2 Å². The second-order valence-electron chi connectivity index (χ2n) is 5.49. The molecule has 0 saturated carbocycles. The molecule has 5 nitrogen and oxygen atoms in total. The van der Waals surface area contributed by atoms with E-state index in [0.29, 0.717) is 6.01 Å². The van der Waals surface area contributed by atoms with Crippen molar-refractivity contribution in [2.24, 2.45) is 0 Å². The van der Waals surface area contributed by atoms with Crippen LogP contribution in [0.3, 0.4) is 0 Å². The van der Waals surface area contributed by atoms with Gasteiger partial charge >= 0.3 is 6.01 Å². The molecule has 0 spiro atoms. The highest BCUT2D eigenvalue weighted by Gasteiger charge is 2.29. The van der Waals surface area contributed by atoms with Crippen LogP contribution in [0.4, 0.5) is 6.01 Å². The van der Waals surface area contributed by atoms with E-state index in [1.807, 2.05) is 0 Å². The van der Waals surface area contributed by atoms with Gasteiger partial charge in [-0.1, -0.05) is 19.0 Å². The molecular formula is C14H19N3O2S. The average molecular weight is 293 g/mol. The van der Waals surface area contributed by atoms with Crippen molar-refractivity contribution in [3.05, 3.63) is 28.2 Å². The minimum absolute atomic E-state index is 0.0689. The van der Waals surface area contributed by atoms with Crippen molar-refractivity contribution < 1.29 is 9.26 Å². The Morgan fingerprint density at radius 2 is 2.25 bits per heavy atom. The van der Waals surface area contributed by atoms with E-state index in [2.05, 4.69) is 52.6 Å². The van der Waals surface area contributed by atoms with Crippen molar-refractivity contribution in [2.75, 3.05) is 18.0 Å². The van der Waals surface area contributed by atoms with Crippen molar-refractivity contribution >= 4 is 17.4 Å². The summed E-state index contributed by atoms with van der Waals surface area (Å²) in [6.07, 6.45) is 0.211. The van der Waals surface area contributed by atoms with E-state index in [9.17, 15) is 0 Å². The maximum Gasteiger partial charge on any atom is 0.324 e. The highest BCUT2D eigenvalue weighted by molar-refractivity contribution is 7.07. The maximum absolute atomic E-state index is 6.01. The number of rotatable bonds is 3. The van der Waals surface area contributed by atoms with Gasteiger partial charge in [-0.15, -0.1) is 0 Å². The van der Waals surface area contributed by atoms with Crippen LogP contribution in [0.25, 0.3) is 0 Å². The minimum atomic E-state index is 0.0689. The molecule has 0 aliphatic carbocycles. The largest absolute Gasteiger partial charge is 0.367 e. The number of anilines is 1. The molecule has 0 N–H and O–H groups in total. The van der Waals surface area contributed by atoms with Crippen molar-refractivity contribution in [3.8, 4) is 0 Å². The topological polar surface area (TPSA) is 51.4 Å². The van der Waals surface area contributed by atoms with E-state index in [4.69, 9.17) is 9.26 Å². The van der Waals surface area contributed by atoms with Gasteiger partial charge in [-0.3, -0.25) is 0 Å². The highest BCUT2D eigenvalue weighted by atomic mass is 32.1. The van der Waals surface area contributed by atoms with E-state index in [1.165, 1.54) is 5.56 Å². The van der Waals surface area contributed by atoms with E-state index < -0.39 is 0 Å². The second kappa shape index (κ2) is 5.54. The fourth-order valence-electron chi connectivity index (χ4n) is 2.34. The predicted octanol–water partition coefficient (Wildman–Crippen LogP) is 3.22. The van der Waals surface area contributed by atoms with E-state index in [0.717, 1.165) is 18.9 Å². The summed E-state index contributed by atoms with van der Waals surface area (Å²) in [5, 5.41) is 8.25. The van der Waals surface area contributed by atoms with Gasteiger partial charge in [0.15, 0.2) is 5.82 Å². The molecule has 20 heavy (non-hydrogen) atoms. The van der Waals surface area contributed by atoms with Crippen LogP contribution >= 0.6 is 11.3 Å². The zero-order valence-corrected chi connectivity index (χ0v) is 12.8. The Morgan fingerprint density at radius 1 is 1.40 bits per heavy atom. The van der Waals surface area contributed by atoms with Gasteiger partial charge in [0.1, 0.15) is 6.10 Å². The van der Waals surface area contributed by atoms with Gasteiger partial charge in [0.05, 0.1) is 12.6 Å². The average Bonchev–Trinajstić information content (AvgIpc) is 3.10. The molecule has 0 amide bonds. The SMILES string of the molecule is CC(C)c1noc(N2C[C@H](C)O[C@@H](c3ccsc3)C2)n1. The van der Waals surface area contributed by atoms with Gasteiger partial charge < -0.3 is 14.2 Å². The van der Waals surface area contributed by atoms with Gasteiger partial charge in [0.2, 0.25) is 0 Å². The van der Waals surface area contributed by atoms with Crippen molar-refractivity contribution in [3.63, 3.8) is 0 Å². The molecule has 0 unspecified atom stereocenters. The first kappa shape index (κ1) is 13.6. The quantitative estimate of drug-likeness (QED) is 0.869. The summed E-state index contributed by atoms with van der Waals surface area (Å²) in [7, 11) is 0.